The average Bonchev–Trinajstić information content (AvgIpc) is 3.99. The highest BCUT2D eigenvalue weighted by Crippen LogP contribution is 2.35. The smallest absolute Gasteiger partial charge is 0.262 e. The third-order valence-electron chi connectivity index (χ3n) is 11.0. The van der Waals surface area contributed by atoms with Crippen molar-refractivity contribution < 1.29 is 35.1 Å². The Labute approximate surface area is 370 Å². The van der Waals surface area contributed by atoms with Crippen molar-refractivity contribution in [1.29, 1.82) is 0 Å². The van der Waals surface area contributed by atoms with Gasteiger partial charge in [-0.25, -0.2) is 16.8 Å². The van der Waals surface area contributed by atoms with E-state index in [1.165, 1.54) is 7.11 Å². The van der Waals surface area contributed by atoms with E-state index in [1.54, 1.807) is 92.8 Å². The van der Waals surface area contributed by atoms with Gasteiger partial charge in [-0.05, 0) is 124 Å². The van der Waals surface area contributed by atoms with E-state index in [-0.39, 0.29) is 9.79 Å². The van der Waals surface area contributed by atoms with Crippen LogP contribution in [0.25, 0.3) is 22.3 Å². The maximum atomic E-state index is 13.2. The van der Waals surface area contributed by atoms with E-state index < -0.39 is 20.0 Å². The van der Waals surface area contributed by atoms with Gasteiger partial charge in [0.2, 0.25) is 0 Å². The van der Waals surface area contributed by atoms with E-state index in [2.05, 4.69) is 57.6 Å². The van der Waals surface area contributed by atoms with Crippen LogP contribution >= 0.6 is 0 Å². The van der Waals surface area contributed by atoms with E-state index in [1.807, 2.05) is 37.3 Å². The zero-order valence-electron chi connectivity index (χ0n) is 36.6. The summed E-state index contributed by atoms with van der Waals surface area (Å²) >= 11 is 0. The van der Waals surface area contributed by atoms with Crippen molar-refractivity contribution in [2.75, 3.05) is 59.6 Å². The van der Waals surface area contributed by atoms with E-state index in [0.717, 1.165) is 65.4 Å². The Hall–Kier alpha value is -5.94. The summed E-state index contributed by atoms with van der Waals surface area (Å²) in [6.45, 7) is 13.8. The number of piperazine rings is 2. The maximum Gasteiger partial charge on any atom is 0.262 e. The van der Waals surface area contributed by atoms with Gasteiger partial charge in [-0.1, -0.05) is 18.2 Å². The summed E-state index contributed by atoms with van der Waals surface area (Å²) in [7, 11) is -4.38. The number of ether oxygens (including phenoxy) is 2. The first-order chi connectivity index (χ1) is 30.1. The summed E-state index contributed by atoms with van der Waals surface area (Å²) in [5, 5.41) is 7.02. The summed E-state index contributed by atoms with van der Waals surface area (Å²) in [5.41, 5.74) is 7.21. The molecule has 2 fully saturated rings. The predicted octanol–water partition coefficient (Wildman–Crippen LogP) is 8.19. The maximum absolute atomic E-state index is 13.2. The molecule has 4 N–H and O–H groups in total. The molecule has 334 valence electrons. The van der Waals surface area contributed by atoms with Crippen molar-refractivity contribution in [1.82, 2.24) is 10.6 Å². The normalized spacial score (nSPS) is 19.2. The molecule has 0 spiro atoms. The molecule has 63 heavy (non-hydrogen) atoms. The summed E-state index contributed by atoms with van der Waals surface area (Å²) in [6, 6.07) is 27.8. The topological polar surface area (TPSA) is 168 Å². The van der Waals surface area contributed by atoms with E-state index in [9.17, 15) is 16.8 Å². The van der Waals surface area contributed by atoms with Gasteiger partial charge in [0.25, 0.3) is 20.0 Å². The van der Waals surface area contributed by atoms with Gasteiger partial charge in [-0.2, -0.15) is 0 Å². The largest absolute Gasteiger partial charge is 0.495 e. The summed E-state index contributed by atoms with van der Waals surface area (Å²) < 4.78 is 79.0. The standard InChI is InChI=1S/C24H29N3O4S.C23H27N3O4S/c1-16-11-21(6-7-22(16)19-9-10-31-15-19)32(28,29)26-23-12-20(5-8-24(23)30-4)27-13-17(2)25-18(3)14-27;1-16-13-26(14-17(2)24-16)22-12-20(6-9-23(22)29-3)25-31(27,28)21-7-4-18(5-8-21)19-10-11-30-15-19/h5-12,15,17-18,25-26H,13-14H2,1-4H3;4-12,15-17,24-25H,13-14H2,1-3H3/t17-,18+;16-,17+. The van der Waals surface area contributed by atoms with Gasteiger partial charge in [-0.3, -0.25) is 9.44 Å². The van der Waals surface area contributed by atoms with Gasteiger partial charge in [-0.15, -0.1) is 0 Å². The number of furan rings is 2. The van der Waals surface area contributed by atoms with Crippen LogP contribution < -0.4 is 39.4 Å². The zero-order valence-corrected chi connectivity index (χ0v) is 38.2. The van der Waals surface area contributed by atoms with Gasteiger partial charge >= 0.3 is 0 Å². The Morgan fingerprint density at radius 1 is 0.587 bits per heavy atom. The Kier molecular flexibility index (Phi) is 13.8. The number of hydrogen-bond acceptors (Lipinski definition) is 12. The zero-order chi connectivity index (χ0) is 44.9. The second kappa shape index (κ2) is 19.2. The van der Waals surface area contributed by atoms with Gasteiger partial charge in [0.15, 0.2) is 0 Å². The lowest BCUT2D eigenvalue weighted by atomic mass is 10.0. The lowest BCUT2D eigenvalue weighted by Gasteiger charge is -2.38. The number of hydrogen-bond donors (Lipinski definition) is 4. The van der Waals surface area contributed by atoms with Crippen molar-refractivity contribution in [3.05, 3.63) is 122 Å². The number of methoxy groups -OCH3 is 2. The van der Waals surface area contributed by atoms with Gasteiger partial charge in [0.05, 0.1) is 66.1 Å². The molecule has 0 unspecified atom stereocenters. The number of rotatable bonds is 12. The van der Waals surface area contributed by atoms with Gasteiger partial charge in [0.1, 0.15) is 11.5 Å². The minimum atomic E-state index is -3.81. The molecule has 0 bridgehead atoms. The van der Waals surface area contributed by atoms with E-state index >= 15 is 0 Å². The molecule has 0 radical (unpaired) electrons. The highest BCUT2D eigenvalue weighted by Gasteiger charge is 2.26. The highest BCUT2D eigenvalue weighted by atomic mass is 32.2. The summed E-state index contributed by atoms with van der Waals surface area (Å²) in [6.07, 6.45) is 6.45. The van der Waals surface area contributed by atoms with Crippen LogP contribution in [0.3, 0.4) is 0 Å². The third-order valence-corrected chi connectivity index (χ3v) is 13.8. The molecule has 4 heterocycles. The minimum Gasteiger partial charge on any atom is -0.495 e. The fraction of sp³-hybridized carbons (Fsp3) is 0.319. The molecule has 4 atom stereocenters. The monoisotopic (exact) mass is 896 g/mol. The highest BCUT2D eigenvalue weighted by molar-refractivity contribution is 7.93. The van der Waals surface area contributed by atoms with Crippen molar-refractivity contribution in [3.63, 3.8) is 0 Å². The molecular formula is C47H56N6O8S2. The van der Waals surface area contributed by atoms with Crippen LogP contribution in [0.1, 0.15) is 33.3 Å². The molecule has 2 aromatic heterocycles. The molecule has 2 aliphatic heterocycles. The molecule has 14 nitrogen and oxygen atoms in total. The third kappa shape index (κ3) is 10.8. The molecule has 0 amide bonds. The van der Waals surface area contributed by atoms with Crippen LogP contribution in [0.2, 0.25) is 0 Å². The number of nitrogens with zero attached hydrogens (tertiary/aromatic N) is 2. The molecular weight excluding hydrogens is 841 g/mol. The number of sulfonamides is 2. The molecule has 0 saturated carbocycles. The molecule has 2 aliphatic rings. The summed E-state index contributed by atoms with van der Waals surface area (Å²) in [5.74, 6) is 1.19. The molecule has 16 heteroatoms. The van der Waals surface area contributed by atoms with E-state index in [4.69, 9.17) is 18.3 Å². The average molecular weight is 897 g/mol. The number of anilines is 4. The fourth-order valence-electron chi connectivity index (χ4n) is 8.25. The molecule has 8 rings (SSSR count). The van der Waals surface area contributed by atoms with Crippen molar-refractivity contribution in [2.45, 2.75) is 68.6 Å². The quantitative estimate of drug-likeness (QED) is 0.0932. The SMILES string of the molecule is COc1ccc(N2C[C@@H](C)N[C@@H](C)C2)cc1NS(=O)(=O)c1ccc(-c2ccoc2)c(C)c1.COc1ccc(NS(=O)(=O)c2ccc(-c3ccoc3)cc2)cc1N1C[C@@H](C)N[C@@H](C)C1. The fourth-order valence-corrected chi connectivity index (χ4v) is 10.4. The van der Waals surface area contributed by atoms with Crippen LogP contribution in [0.15, 0.2) is 135 Å². The second-order valence-electron chi connectivity index (χ2n) is 16.3. The van der Waals surface area contributed by atoms with Crippen LogP contribution in [0, 0.1) is 6.92 Å². The van der Waals surface area contributed by atoms with Crippen LogP contribution in [-0.2, 0) is 20.0 Å². The number of nitrogens with one attached hydrogen (secondary N) is 4. The first-order valence-corrected chi connectivity index (χ1v) is 23.8. The Morgan fingerprint density at radius 2 is 1.14 bits per heavy atom. The Bertz CT molecular complexity index is 2670. The molecule has 2 saturated heterocycles. The Morgan fingerprint density at radius 3 is 1.71 bits per heavy atom. The van der Waals surface area contributed by atoms with Gasteiger partial charge < -0.3 is 38.7 Å². The van der Waals surface area contributed by atoms with Crippen LogP contribution in [0.5, 0.6) is 11.5 Å². The number of benzene rings is 4. The lowest BCUT2D eigenvalue weighted by molar-refractivity contribution is 0.391. The minimum absolute atomic E-state index is 0.194. The lowest BCUT2D eigenvalue weighted by Crippen LogP contribution is -2.54. The second-order valence-corrected chi connectivity index (χ2v) is 19.6. The molecule has 0 aliphatic carbocycles. The van der Waals surface area contributed by atoms with Crippen molar-refractivity contribution in [2.24, 2.45) is 0 Å². The Balaban J connectivity index is 0.000000189. The van der Waals surface area contributed by atoms with Crippen LogP contribution in [0.4, 0.5) is 22.7 Å². The van der Waals surface area contributed by atoms with Gasteiger partial charge in [0, 0.05) is 67.2 Å². The van der Waals surface area contributed by atoms with Crippen molar-refractivity contribution >= 4 is 42.8 Å². The predicted molar refractivity (Wildman–Crippen MR) is 249 cm³/mol. The molecule has 4 aromatic carbocycles. The van der Waals surface area contributed by atoms with Crippen LogP contribution in [-0.4, -0.2) is 81.4 Å². The molecule has 6 aromatic rings. The van der Waals surface area contributed by atoms with Crippen molar-refractivity contribution in [3.8, 4) is 33.8 Å². The van der Waals surface area contributed by atoms with E-state index in [0.29, 0.717) is 47.0 Å². The summed E-state index contributed by atoms with van der Waals surface area (Å²) in [4.78, 5) is 4.87. The first kappa shape index (κ1) is 45.1. The first-order valence-electron chi connectivity index (χ1n) is 20.8. The number of aryl methyl sites for hydroxylation is 1.